The smallest absolute Gasteiger partial charge is 0.416 e. The lowest BCUT2D eigenvalue weighted by molar-refractivity contribution is -0.137. The molecule has 1 aliphatic heterocycles. The zero-order valence-electron chi connectivity index (χ0n) is 19.7. The maximum absolute atomic E-state index is 13.4. The molecule has 194 valence electrons. The Hall–Kier alpha value is -3.99. The molecule has 7 nitrogen and oxygen atoms in total. The summed E-state index contributed by atoms with van der Waals surface area (Å²) in [5.74, 6) is -1.09. The maximum atomic E-state index is 13.4. The molecule has 0 radical (unpaired) electrons. The number of benzene rings is 2. The molecule has 0 bridgehead atoms. The SMILES string of the molecule is COCCN(CC(=O)N1N=C(c2ccc(F)cc2)C[C@H]1c1ccco1)C(=O)c1ccc(C(F)(F)F)cc1. The first kappa shape index (κ1) is 26.1. The van der Waals surface area contributed by atoms with Crippen molar-refractivity contribution in [3.05, 3.63) is 95.2 Å². The largest absolute Gasteiger partial charge is 0.467 e. The molecule has 0 unspecified atom stereocenters. The number of halogens is 4. The van der Waals surface area contributed by atoms with Crippen LogP contribution in [0.1, 0.15) is 39.7 Å². The van der Waals surface area contributed by atoms with Gasteiger partial charge in [-0.2, -0.15) is 18.3 Å². The Bertz CT molecular complexity index is 1260. The van der Waals surface area contributed by atoms with Gasteiger partial charge in [-0.05, 0) is 54.1 Å². The van der Waals surface area contributed by atoms with Crippen LogP contribution in [0.2, 0.25) is 0 Å². The van der Waals surface area contributed by atoms with Crippen LogP contribution in [-0.4, -0.2) is 54.2 Å². The summed E-state index contributed by atoms with van der Waals surface area (Å²) >= 11 is 0. The van der Waals surface area contributed by atoms with Gasteiger partial charge in [-0.15, -0.1) is 0 Å². The van der Waals surface area contributed by atoms with Crippen LogP contribution in [0, 0.1) is 5.82 Å². The van der Waals surface area contributed by atoms with Gasteiger partial charge in [0, 0.05) is 25.6 Å². The van der Waals surface area contributed by atoms with Gasteiger partial charge in [0.05, 0.1) is 24.1 Å². The van der Waals surface area contributed by atoms with Crippen LogP contribution >= 0.6 is 0 Å². The highest BCUT2D eigenvalue weighted by Gasteiger charge is 2.36. The van der Waals surface area contributed by atoms with Crippen LogP contribution in [0.3, 0.4) is 0 Å². The molecule has 11 heteroatoms. The lowest BCUT2D eigenvalue weighted by Gasteiger charge is -2.26. The van der Waals surface area contributed by atoms with E-state index in [4.69, 9.17) is 9.15 Å². The Morgan fingerprint density at radius 3 is 2.41 bits per heavy atom. The molecule has 2 heterocycles. The van der Waals surface area contributed by atoms with Crippen LogP contribution in [0.15, 0.2) is 76.4 Å². The number of methoxy groups -OCH3 is 1. The highest BCUT2D eigenvalue weighted by Crippen LogP contribution is 2.33. The predicted octanol–water partition coefficient (Wildman–Crippen LogP) is 4.90. The summed E-state index contributed by atoms with van der Waals surface area (Å²) in [7, 11) is 1.43. The molecule has 0 fully saturated rings. The lowest BCUT2D eigenvalue weighted by Crippen LogP contribution is -2.42. The molecule has 4 rings (SSSR count). The van der Waals surface area contributed by atoms with Crippen molar-refractivity contribution >= 4 is 17.5 Å². The highest BCUT2D eigenvalue weighted by atomic mass is 19.4. The highest BCUT2D eigenvalue weighted by molar-refractivity contribution is 6.03. The van der Waals surface area contributed by atoms with Gasteiger partial charge in [-0.25, -0.2) is 9.40 Å². The second-order valence-corrected chi connectivity index (χ2v) is 8.32. The first-order chi connectivity index (χ1) is 17.7. The van der Waals surface area contributed by atoms with E-state index < -0.39 is 42.0 Å². The summed E-state index contributed by atoms with van der Waals surface area (Å²) in [4.78, 5) is 27.7. The number of ether oxygens (including phenoxy) is 1. The summed E-state index contributed by atoms with van der Waals surface area (Å²) < 4.78 is 62.7. The Morgan fingerprint density at radius 1 is 1.11 bits per heavy atom. The fourth-order valence-corrected chi connectivity index (χ4v) is 3.93. The van der Waals surface area contributed by atoms with E-state index in [2.05, 4.69) is 5.10 Å². The maximum Gasteiger partial charge on any atom is 0.416 e. The molecule has 1 aliphatic rings. The number of alkyl halides is 3. The number of hydrogen-bond donors (Lipinski definition) is 0. The average Bonchev–Trinajstić information content (AvgIpc) is 3.56. The molecule has 2 aromatic carbocycles. The minimum atomic E-state index is -4.54. The van der Waals surface area contributed by atoms with Gasteiger partial charge in [-0.1, -0.05) is 12.1 Å². The molecule has 2 amide bonds. The zero-order chi connectivity index (χ0) is 26.6. The predicted molar refractivity (Wildman–Crippen MR) is 125 cm³/mol. The second kappa shape index (κ2) is 11.0. The van der Waals surface area contributed by atoms with E-state index in [1.165, 1.54) is 35.4 Å². The van der Waals surface area contributed by atoms with E-state index in [1.807, 2.05) is 0 Å². The molecule has 3 aromatic rings. The monoisotopic (exact) mass is 517 g/mol. The van der Waals surface area contributed by atoms with Gasteiger partial charge >= 0.3 is 6.18 Å². The molecular weight excluding hydrogens is 494 g/mol. The molecule has 0 saturated carbocycles. The molecule has 0 spiro atoms. The first-order valence-electron chi connectivity index (χ1n) is 11.3. The van der Waals surface area contributed by atoms with Crippen molar-refractivity contribution in [2.24, 2.45) is 5.10 Å². The van der Waals surface area contributed by atoms with Gasteiger partial charge in [0.2, 0.25) is 0 Å². The van der Waals surface area contributed by atoms with Crippen molar-refractivity contribution in [3.8, 4) is 0 Å². The van der Waals surface area contributed by atoms with Crippen LogP contribution < -0.4 is 0 Å². The third kappa shape index (κ3) is 6.05. The number of hydrogen-bond acceptors (Lipinski definition) is 5. The van der Waals surface area contributed by atoms with E-state index >= 15 is 0 Å². The van der Waals surface area contributed by atoms with Crippen molar-refractivity contribution in [2.75, 3.05) is 26.8 Å². The number of furan rings is 1. The number of carbonyl (C=O) groups excluding carboxylic acids is 2. The quantitative estimate of drug-likeness (QED) is 0.398. The summed E-state index contributed by atoms with van der Waals surface area (Å²) in [6.45, 7) is -0.276. The average molecular weight is 517 g/mol. The number of amides is 2. The van der Waals surface area contributed by atoms with Crippen molar-refractivity contribution in [1.29, 1.82) is 0 Å². The normalized spacial score (nSPS) is 15.5. The standard InChI is InChI=1S/C26H23F4N3O4/c1-36-14-12-32(25(35)18-4-8-19(9-5-18)26(28,29)30)16-24(34)33-22(23-3-2-13-37-23)15-21(31-33)17-6-10-20(27)11-7-17/h2-11,13,22H,12,14-16H2,1H3/t22-/m0/s1. The van der Waals surface area contributed by atoms with E-state index in [0.717, 1.165) is 24.3 Å². The third-order valence-electron chi connectivity index (χ3n) is 5.85. The van der Waals surface area contributed by atoms with E-state index in [0.29, 0.717) is 23.5 Å². The van der Waals surface area contributed by atoms with Crippen LogP contribution in [-0.2, 0) is 15.7 Å². The van der Waals surface area contributed by atoms with E-state index in [9.17, 15) is 27.2 Å². The van der Waals surface area contributed by atoms with Crippen LogP contribution in [0.25, 0.3) is 0 Å². The van der Waals surface area contributed by atoms with Gasteiger partial charge in [0.15, 0.2) is 0 Å². The van der Waals surface area contributed by atoms with Gasteiger partial charge in [-0.3, -0.25) is 9.59 Å². The molecule has 37 heavy (non-hydrogen) atoms. The minimum Gasteiger partial charge on any atom is -0.467 e. The number of carbonyl (C=O) groups is 2. The Balaban J connectivity index is 1.58. The number of rotatable bonds is 8. The molecule has 0 N–H and O–H groups in total. The van der Waals surface area contributed by atoms with Crippen molar-refractivity contribution < 1.29 is 36.3 Å². The summed E-state index contributed by atoms with van der Waals surface area (Å²) in [5.41, 5.74) is 0.276. The van der Waals surface area contributed by atoms with Crippen LogP contribution in [0.5, 0.6) is 0 Å². The summed E-state index contributed by atoms with van der Waals surface area (Å²) in [5, 5.41) is 5.67. The van der Waals surface area contributed by atoms with Crippen molar-refractivity contribution in [1.82, 2.24) is 9.91 Å². The second-order valence-electron chi connectivity index (χ2n) is 8.32. The van der Waals surface area contributed by atoms with Gasteiger partial charge < -0.3 is 14.1 Å². The fourth-order valence-electron chi connectivity index (χ4n) is 3.93. The van der Waals surface area contributed by atoms with Crippen molar-refractivity contribution in [2.45, 2.75) is 18.6 Å². The molecule has 0 aliphatic carbocycles. The minimum absolute atomic E-state index is 0.00332. The Morgan fingerprint density at radius 2 is 1.81 bits per heavy atom. The summed E-state index contributed by atoms with van der Waals surface area (Å²) in [6, 6.07) is 12.3. The van der Waals surface area contributed by atoms with E-state index in [1.54, 1.807) is 24.3 Å². The first-order valence-corrected chi connectivity index (χ1v) is 11.3. The molecule has 1 atom stereocenters. The number of hydrazone groups is 1. The molecular formula is C26H23F4N3O4. The Labute approximate surface area is 209 Å². The van der Waals surface area contributed by atoms with Crippen molar-refractivity contribution in [3.63, 3.8) is 0 Å². The third-order valence-corrected chi connectivity index (χ3v) is 5.85. The topological polar surface area (TPSA) is 75.3 Å². The molecule has 0 saturated heterocycles. The van der Waals surface area contributed by atoms with E-state index in [-0.39, 0.29) is 18.7 Å². The zero-order valence-corrected chi connectivity index (χ0v) is 19.7. The fraction of sp³-hybridized carbons (Fsp3) is 0.269. The Kier molecular flexibility index (Phi) is 7.72. The lowest BCUT2D eigenvalue weighted by atomic mass is 10.0. The summed E-state index contributed by atoms with van der Waals surface area (Å²) in [6.07, 6.45) is -2.77. The van der Waals surface area contributed by atoms with Gasteiger partial charge in [0.25, 0.3) is 11.8 Å². The number of nitrogens with zero attached hydrogens (tertiary/aromatic N) is 3. The van der Waals surface area contributed by atoms with Gasteiger partial charge in [0.1, 0.15) is 24.2 Å². The molecule has 1 aromatic heterocycles. The van der Waals surface area contributed by atoms with Crippen LogP contribution in [0.4, 0.5) is 17.6 Å².